The van der Waals surface area contributed by atoms with Gasteiger partial charge in [0.15, 0.2) is 0 Å². The summed E-state index contributed by atoms with van der Waals surface area (Å²) in [5.41, 5.74) is 9.46. The van der Waals surface area contributed by atoms with Crippen LogP contribution < -0.4 is 5.73 Å². The van der Waals surface area contributed by atoms with Gasteiger partial charge >= 0.3 is 0 Å². The second-order valence-corrected chi connectivity index (χ2v) is 7.36. The van der Waals surface area contributed by atoms with Gasteiger partial charge in [0.2, 0.25) is 0 Å². The Kier molecular flexibility index (Phi) is 5.14. The highest BCUT2D eigenvalue weighted by atomic mass is 35.5. The minimum absolute atomic E-state index is 0.108. The van der Waals surface area contributed by atoms with E-state index in [0.717, 1.165) is 28.8 Å². The van der Waals surface area contributed by atoms with Crippen LogP contribution in [0.2, 0.25) is 10.0 Å². The van der Waals surface area contributed by atoms with Crippen LogP contribution in [0.15, 0.2) is 42.5 Å². The van der Waals surface area contributed by atoms with E-state index in [1.807, 2.05) is 30.3 Å². The van der Waals surface area contributed by atoms with Crippen LogP contribution in [0, 0.1) is 5.92 Å². The molecule has 24 heavy (non-hydrogen) atoms. The van der Waals surface area contributed by atoms with E-state index in [1.165, 1.54) is 0 Å². The summed E-state index contributed by atoms with van der Waals surface area (Å²) in [6, 6.07) is 13.6. The van der Waals surface area contributed by atoms with Crippen LogP contribution in [0.3, 0.4) is 0 Å². The number of nitrogens with zero attached hydrogens (tertiary/aromatic N) is 2. The van der Waals surface area contributed by atoms with Gasteiger partial charge in [-0.3, -0.25) is 0 Å². The molecule has 0 aliphatic heterocycles. The van der Waals surface area contributed by atoms with Crippen LogP contribution in [-0.4, -0.2) is 9.55 Å². The number of para-hydroxylation sites is 2. The molecule has 0 amide bonds. The third kappa shape index (κ3) is 3.59. The van der Waals surface area contributed by atoms with Gasteiger partial charge in [0.05, 0.1) is 23.6 Å². The second-order valence-electron chi connectivity index (χ2n) is 6.52. The lowest BCUT2D eigenvalue weighted by Gasteiger charge is -2.17. The molecule has 0 spiro atoms. The average molecular weight is 362 g/mol. The van der Waals surface area contributed by atoms with Crippen LogP contribution in [0.5, 0.6) is 0 Å². The summed E-state index contributed by atoms with van der Waals surface area (Å²) in [7, 11) is 0. The van der Waals surface area contributed by atoms with Crippen molar-refractivity contribution in [2.75, 3.05) is 0 Å². The number of nitrogens with two attached hydrogens (primary N) is 1. The van der Waals surface area contributed by atoms with Crippen LogP contribution in [0.4, 0.5) is 0 Å². The molecule has 5 heteroatoms. The van der Waals surface area contributed by atoms with Gasteiger partial charge in [-0.05, 0) is 42.2 Å². The Hall–Kier alpha value is -1.55. The average Bonchev–Trinajstić information content (AvgIpc) is 2.88. The van der Waals surface area contributed by atoms with Crippen molar-refractivity contribution in [3.8, 4) is 0 Å². The van der Waals surface area contributed by atoms with Crippen molar-refractivity contribution < 1.29 is 0 Å². The first-order chi connectivity index (χ1) is 11.5. The van der Waals surface area contributed by atoms with Crippen LogP contribution in [0.25, 0.3) is 11.0 Å². The number of hydrogen-bond donors (Lipinski definition) is 1. The zero-order valence-corrected chi connectivity index (χ0v) is 15.3. The van der Waals surface area contributed by atoms with Gasteiger partial charge in [0.25, 0.3) is 0 Å². The van der Waals surface area contributed by atoms with Crippen LogP contribution in [-0.2, 0) is 6.54 Å². The van der Waals surface area contributed by atoms with Gasteiger partial charge in [-0.1, -0.05) is 55.2 Å². The summed E-state index contributed by atoms with van der Waals surface area (Å²) in [4.78, 5) is 4.78. The number of halogens is 2. The second kappa shape index (κ2) is 7.14. The van der Waals surface area contributed by atoms with Crippen LogP contribution >= 0.6 is 23.2 Å². The minimum Gasteiger partial charge on any atom is -0.322 e. The van der Waals surface area contributed by atoms with Crippen molar-refractivity contribution in [2.45, 2.75) is 32.9 Å². The number of benzene rings is 2. The zero-order valence-electron chi connectivity index (χ0n) is 13.8. The Morgan fingerprint density at radius 3 is 2.58 bits per heavy atom. The molecule has 1 unspecified atom stereocenters. The quantitative estimate of drug-likeness (QED) is 0.657. The van der Waals surface area contributed by atoms with E-state index in [2.05, 4.69) is 24.5 Å². The summed E-state index contributed by atoms with van der Waals surface area (Å²) in [6.45, 7) is 4.96. The van der Waals surface area contributed by atoms with E-state index in [9.17, 15) is 0 Å². The first-order valence-corrected chi connectivity index (χ1v) is 8.86. The van der Waals surface area contributed by atoms with E-state index >= 15 is 0 Å². The van der Waals surface area contributed by atoms with Crippen molar-refractivity contribution in [1.82, 2.24) is 9.55 Å². The molecule has 0 saturated carbocycles. The van der Waals surface area contributed by atoms with Crippen molar-refractivity contribution in [1.29, 1.82) is 0 Å². The van der Waals surface area contributed by atoms with E-state index in [-0.39, 0.29) is 6.04 Å². The van der Waals surface area contributed by atoms with Crippen molar-refractivity contribution in [3.63, 3.8) is 0 Å². The summed E-state index contributed by atoms with van der Waals surface area (Å²) < 4.78 is 2.16. The molecule has 2 aromatic carbocycles. The van der Waals surface area contributed by atoms with E-state index < -0.39 is 0 Å². The number of aromatic nitrogens is 2. The molecule has 3 nitrogen and oxygen atoms in total. The third-order valence-electron chi connectivity index (χ3n) is 4.08. The SMILES string of the molecule is CC(C)CC(N)c1nc2ccccc2n1Cc1ccc(Cl)cc1Cl. The third-order valence-corrected chi connectivity index (χ3v) is 4.67. The Morgan fingerprint density at radius 1 is 1.12 bits per heavy atom. The highest BCUT2D eigenvalue weighted by molar-refractivity contribution is 6.35. The molecule has 3 aromatic rings. The van der Waals surface area contributed by atoms with Gasteiger partial charge in [-0.2, -0.15) is 0 Å². The smallest absolute Gasteiger partial charge is 0.127 e. The molecule has 1 heterocycles. The molecule has 0 aliphatic rings. The predicted molar refractivity (Wildman–Crippen MR) is 102 cm³/mol. The van der Waals surface area contributed by atoms with Gasteiger partial charge in [0.1, 0.15) is 5.82 Å². The topological polar surface area (TPSA) is 43.8 Å². The minimum atomic E-state index is -0.108. The highest BCUT2D eigenvalue weighted by Crippen LogP contribution is 2.27. The molecule has 0 saturated heterocycles. The largest absolute Gasteiger partial charge is 0.322 e. The maximum absolute atomic E-state index is 6.44. The summed E-state index contributed by atoms with van der Waals surface area (Å²) >= 11 is 12.4. The Balaban J connectivity index is 2.07. The normalized spacial score (nSPS) is 12.9. The number of hydrogen-bond acceptors (Lipinski definition) is 2. The van der Waals surface area contributed by atoms with E-state index in [0.29, 0.717) is 22.5 Å². The monoisotopic (exact) mass is 361 g/mol. The molecule has 3 rings (SSSR count). The standard InChI is InChI=1S/C19H21Cl2N3/c1-12(2)9-16(22)19-23-17-5-3-4-6-18(17)24(19)11-13-7-8-14(20)10-15(13)21/h3-8,10,12,16H,9,11,22H2,1-2H3. The lowest BCUT2D eigenvalue weighted by atomic mass is 10.0. The number of rotatable bonds is 5. The lowest BCUT2D eigenvalue weighted by Crippen LogP contribution is -2.19. The molecule has 0 fully saturated rings. The van der Waals surface area contributed by atoms with E-state index in [1.54, 1.807) is 6.07 Å². The molecule has 0 bridgehead atoms. The molecular formula is C19H21Cl2N3. The van der Waals surface area contributed by atoms with Crippen LogP contribution in [0.1, 0.15) is 37.7 Å². The summed E-state index contributed by atoms with van der Waals surface area (Å²) in [5, 5.41) is 1.29. The molecule has 0 radical (unpaired) electrons. The fraction of sp³-hybridized carbons (Fsp3) is 0.316. The van der Waals surface area contributed by atoms with E-state index in [4.69, 9.17) is 33.9 Å². The molecule has 2 N–H and O–H groups in total. The van der Waals surface area contributed by atoms with Crippen molar-refractivity contribution in [2.24, 2.45) is 11.7 Å². The summed E-state index contributed by atoms with van der Waals surface area (Å²) in [6.07, 6.45) is 0.887. The maximum Gasteiger partial charge on any atom is 0.127 e. The molecule has 0 aliphatic carbocycles. The molecule has 1 atom stereocenters. The lowest BCUT2D eigenvalue weighted by molar-refractivity contribution is 0.481. The van der Waals surface area contributed by atoms with Gasteiger partial charge in [-0.15, -0.1) is 0 Å². The predicted octanol–water partition coefficient (Wildman–Crippen LogP) is 5.44. The fourth-order valence-electron chi connectivity index (χ4n) is 2.98. The fourth-order valence-corrected chi connectivity index (χ4v) is 3.45. The van der Waals surface area contributed by atoms with Crippen molar-refractivity contribution >= 4 is 34.2 Å². The number of imidazole rings is 1. The Morgan fingerprint density at radius 2 is 1.88 bits per heavy atom. The van der Waals surface area contributed by atoms with Gasteiger partial charge < -0.3 is 10.3 Å². The molecule has 1 aromatic heterocycles. The Bertz CT molecular complexity index is 855. The van der Waals surface area contributed by atoms with Crippen molar-refractivity contribution in [3.05, 3.63) is 63.9 Å². The molecular weight excluding hydrogens is 341 g/mol. The first kappa shape index (κ1) is 17.3. The Labute approximate surface area is 152 Å². The highest BCUT2D eigenvalue weighted by Gasteiger charge is 2.18. The van der Waals surface area contributed by atoms with Gasteiger partial charge in [-0.25, -0.2) is 4.98 Å². The summed E-state index contributed by atoms with van der Waals surface area (Å²) in [5.74, 6) is 1.41. The first-order valence-electron chi connectivity index (χ1n) is 8.10. The molecule has 126 valence electrons. The van der Waals surface area contributed by atoms with Gasteiger partial charge in [0, 0.05) is 10.0 Å². The zero-order chi connectivity index (χ0) is 17.3. The maximum atomic E-state index is 6.44. The number of fused-ring (bicyclic) bond motifs is 1.